The summed E-state index contributed by atoms with van der Waals surface area (Å²) in [6.07, 6.45) is 20.5. The Labute approximate surface area is 333 Å². The van der Waals surface area contributed by atoms with E-state index in [1.807, 2.05) is 36.4 Å². The molecule has 5 heteroatoms. The summed E-state index contributed by atoms with van der Waals surface area (Å²) in [5, 5.41) is 0. The Morgan fingerprint density at radius 3 is 1.54 bits per heavy atom. The first-order valence-electron chi connectivity index (χ1n) is 17.0. The zero-order valence-corrected chi connectivity index (χ0v) is 34.1. The van der Waals surface area contributed by atoms with E-state index in [9.17, 15) is 0 Å². The number of hydrogen-bond acceptors (Lipinski definition) is 2. The molecule has 6 rings (SSSR count). The summed E-state index contributed by atoms with van der Waals surface area (Å²) in [6.45, 7) is 2.30. The Hall–Kier alpha value is -4.42. The quantitative estimate of drug-likeness (QED) is 0.123. The molecule has 1 aliphatic carbocycles. The average Bonchev–Trinajstić information content (AvgIpc) is 3.18. The molecule has 52 heavy (non-hydrogen) atoms. The minimum atomic E-state index is -0.173. The van der Waals surface area contributed by atoms with Crippen molar-refractivity contribution < 1.29 is 9.47 Å². The van der Waals surface area contributed by atoms with E-state index in [1.54, 1.807) is 14.2 Å². The molecule has 0 saturated carbocycles. The highest BCUT2D eigenvalue weighted by Crippen LogP contribution is 2.48. The Balaban J connectivity index is 1.30. The van der Waals surface area contributed by atoms with Gasteiger partial charge >= 0.3 is 0 Å². The molecule has 1 atom stereocenters. The zero-order valence-electron chi connectivity index (χ0n) is 29.3. The lowest BCUT2D eigenvalue weighted by atomic mass is 9.73. The number of halogens is 3. The van der Waals surface area contributed by atoms with Crippen LogP contribution in [0.5, 0.6) is 11.5 Å². The van der Waals surface area contributed by atoms with Gasteiger partial charge in [0.25, 0.3) is 0 Å². The predicted octanol–water partition coefficient (Wildman–Crippen LogP) is 14.5. The van der Waals surface area contributed by atoms with Crippen LogP contribution in [0, 0.1) is 5.41 Å². The SMILES string of the molecule is COc1cccc(/C=C/c2cc(/C=C/c3ccc(/C(Br)=C(/c4ccc(Br)cc4)C4(C)C=CC(Br)=CC4)cc3)cc(/C=C/c3cccc(OC)c3)c2)c1. The first kappa shape index (κ1) is 37.3. The van der Waals surface area contributed by atoms with Crippen molar-refractivity contribution in [2.45, 2.75) is 13.3 Å². The third-order valence-corrected chi connectivity index (χ3v) is 11.0. The van der Waals surface area contributed by atoms with Crippen molar-refractivity contribution in [1.29, 1.82) is 0 Å². The monoisotopic (exact) mass is 872 g/mol. The zero-order chi connectivity index (χ0) is 36.5. The van der Waals surface area contributed by atoms with Crippen LogP contribution < -0.4 is 9.47 Å². The largest absolute Gasteiger partial charge is 0.497 e. The molecule has 0 aromatic heterocycles. The third kappa shape index (κ3) is 9.71. The minimum Gasteiger partial charge on any atom is -0.497 e. The maximum atomic E-state index is 5.43. The summed E-state index contributed by atoms with van der Waals surface area (Å²) in [7, 11) is 3.38. The lowest BCUT2D eigenvalue weighted by molar-refractivity contribution is 0.414. The highest BCUT2D eigenvalue weighted by atomic mass is 79.9. The minimum absolute atomic E-state index is 0.173. The molecule has 0 fully saturated rings. The summed E-state index contributed by atoms with van der Waals surface area (Å²) in [5.41, 5.74) is 10.00. The second-order valence-electron chi connectivity index (χ2n) is 12.8. The lowest BCUT2D eigenvalue weighted by Crippen LogP contribution is -2.17. The molecule has 0 heterocycles. The fourth-order valence-electron chi connectivity index (χ4n) is 6.16. The van der Waals surface area contributed by atoms with Crippen molar-refractivity contribution >= 4 is 94.3 Å². The highest BCUT2D eigenvalue weighted by molar-refractivity contribution is 9.15. The van der Waals surface area contributed by atoms with Crippen LogP contribution in [-0.4, -0.2) is 14.2 Å². The van der Waals surface area contributed by atoms with E-state index in [1.165, 1.54) is 11.1 Å². The fourth-order valence-corrected chi connectivity index (χ4v) is 7.67. The van der Waals surface area contributed by atoms with Crippen LogP contribution in [-0.2, 0) is 0 Å². The van der Waals surface area contributed by atoms with Crippen molar-refractivity contribution in [2.75, 3.05) is 14.2 Å². The standard InChI is InChI=1S/C47H39Br3O2/c1-47(26-24-42(49)25-27-47)45(39-20-22-41(48)23-21-39)46(50)40-18-16-33(17-19-40)10-13-36-28-37(14-11-34-6-4-8-43(31-34)51-2)30-38(29-36)15-12-35-7-5-9-44(32-35)52-3/h4-26,28-32H,27H2,1-3H3/b13-10+,14-11+,15-12+,46-45+. The second kappa shape index (κ2) is 17.4. The molecule has 0 bridgehead atoms. The molecule has 5 aromatic carbocycles. The van der Waals surface area contributed by atoms with Gasteiger partial charge in [0.05, 0.1) is 14.2 Å². The van der Waals surface area contributed by atoms with E-state index in [0.717, 1.165) is 70.3 Å². The number of allylic oxidation sites excluding steroid dienone is 5. The number of rotatable bonds is 11. The maximum Gasteiger partial charge on any atom is 0.119 e. The van der Waals surface area contributed by atoms with Crippen LogP contribution in [0.25, 0.3) is 46.5 Å². The van der Waals surface area contributed by atoms with E-state index in [-0.39, 0.29) is 5.41 Å². The molecule has 260 valence electrons. The van der Waals surface area contributed by atoms with Gasteiger partial charge < -0.3 is 9.47 Å². The van der Waals surface area contributed by atoms with Crippen LogP contribution in [0.4, 0.5) is 0 Å². The van der Waals surface area contributed by atoms with Gasteiger partial charge in [0.2, 0.25) is 0 Å². The van der Waals surface area contributed by atoms with Gasteiger partial charge in [-0.2, -0.15) is 0 Å². The molecule has 1 aliphatic rings. The van der Waals surface area contributed by atoms with E-state index in [4.69, 9.17) is 9.47 Å². The van der Waals surface area contributed by atoms with Gasteiger partial charge in [-0.15, -0.1) is 0 Å². The number of methoxy groups -OCH3 is 2. The molecule has 0 amide bonds. The summed E-state index contributed by atoms with van der Waals surface area (Å²) >= 11 is 11.3. The third-order valence-electron chi connectivity index (χ3n) is 9.01. The molecule has 5 aromatic rings. The van der Waals surface area contributed by atoms with Crippen molar-refractivity contribution in [3.8, 4) is 11.5 Å². The molecule has 0 aliphatic heterocycles. The molecule has 0 spiro atoms. The molecule has 1 unspecified atom stereocenters. The van der Waals surface area contributed by atoms with Crippen molar-refractivity contribution in [2.24, 2.45) is 5.41 Å². The summed E-state index contributed by atoms with van der Waals surface area (Å²) in [6, 6.07) is 40.1. The van der Waals surface area contributed by atoms with Gasteiger partial charge in [0.1, 0.15) is 11.5 Å². The molecular formula is C47H39Br3O2. The molecule has 0 radical (unpaired) electrons. The van der Waals surface area contributed by atoms with E-state index in [2.05, 4.69) is 188 Å². The van der Waals surface area contributed by atoms with Crippen molar-refractivity contribution in [1.82, 2.24) is 0 Å². The fraction of sp³-hybridized carbons (Fsp3) is 0.106. The summed E-state index contributed by atoms with van der Waals surface area (Å²) in [4.78, 5) is 0. The lowest BCUT2D eigenvalue weighted by Gasteiger charge is -2.32. The summed E-state index contributed by atoms with van der Waals surface area (Å²) < 4.78 is 14.1. The number of benzene rings is 5. The van der Waals surface area contributed by atoms with E-state index < -0.39 is 0 Å². The molecule has 2 nitrogen and oxygen atoms in total. The molecule has 0 N–H and O–H groups in total. The van der Waals surface area contributed by atoms with Gasteiger partial charge in [0.15, 0.2) is 0 Å². The topological polar surface area (TPSA) is 18.5 Å². The van der Waals surface area contributed by atoms with E-state index in [0.29, 0.717) is 0 Å². The van der Waals surface area contributed by atoms with Gasteiger partial charge in [-0.3, -0.25) is 0 Å². The van der Waals surface area contributed by atoms with Crippen molar-refractivity contribution in [3.05, 3.63) is 187 Å². The van der Waals surface area contributed by atoms with E-state index >= 15 is 0 Å². The Morgan fingerprint density at radius 1 is 0.577 bits per heavy atom. The van der Waals surface area contributed by atoms with Crippen LogP contribution >= 0.6 is 47.8 Å². The predicted molar refractivity (Wildman–Crippen MR) is 234 cm³/mol. The molecule has 0 saturated heterocycles. The Morgan fingerprint density at radius 2 is 1.06 bits per heavy atom. The first-order chi connectivity index (χ1) is 25.2. The first-order valence-corrected chi connectivity index (χ1v) is 19.4. The van der Waals surface area contributed by atoms with Gasteiger partial charge in [0, 0.05) is 18.9 Å². The van der Waals surface area contributed by atoms with Crippen LogP contribution in [0.2, 0.25) is 0 Å². The van der Waals surface area contributed by atoms with Gasteiger partial charge in [-0.25, -0.2) is 0 Å². The average molecular weight is 876 g/mol. The maximum absolute atomic E-state index is 5.43. The number of ether oxygens (including phenoxy) is 2. The van der Waals surface area contributed by atoms with Crippen molar-refractivity contribution in [3.63, 3.8) is 0 Å². The highest BCUT2D eigenvalue weighted by Gasteiger charge is 2.31. The normalized spacial score (nSPS) is 16.4. The second-order valence-corrected chi connectivity index (χ2v) is 15.5. The van der Waals surface area contributed by atoms with Gasteiger partial charge in [-0.1, -0.05) is 154 Å². The molecular weight excluding hydrogens is 836 g/mol. The summed E-state index contributed by atoms with van der Waals surface area (Å²) in [5.74, 6) is 1.67. The number of hydrogen-bond donors (Lipinski definition) is 0. The van der Waals surface area contributed by atoms with Crippen LogP contribution in [0.1, 0.15) is 57.9 Å². The smallest absolute Gasteiger partial charge is 0.119 e. The van der Waals surface area contributed by atoms with Gasteiger partial charge in [-0.05, 0) is 127 Å². The van der Waals surface area contributed by atoms with Crippen LogP contribution in [0.15, 0.2) is 142 Å². The Kier molecular flexibility index (Phi) is 12.5. The van der Waals surface area contributed by atoms with Crippen LogP contribution in [0.3, 0.4) is 0 Å². The Bertz CT molecular complexity index is 2140.